The van der Waals surface area contributed by atoms with Crippen LogP contribution in [0.1, 0.15) is 52.0 Å². The zero-order valence-corrected chi connectivity index (χ0v) is 19.0. The molecule has 1 heterocycles. The minimum Gasteiger partial charge on any atom is -0.490 e. The highest BCUT2D eigenvalue weighted by Gasteiger charge is 2.59. The average Bonchev–Trinajstić information content (AvgIpc) is 3.24. The van der Waals surface area contributed by atoms with Crippen LogP contribution in [-0.2, 0) is 11.3 Å². The molecule has 4 heteroatoms. The first-order valence-electron chi connectivity index (χ1n) is 11.9. The molecule has 0 amide bonds. The second-order valence-electron chi connectivity index (χ2n) is 11.2. The number of hydrogen-bond donors (Lipinski definition) is 1. The van der Waals surface area contributed by atoms with Gasteiger partial charge in [-0.15, -0.1) is 0 Å². The minimum atomic E-state index is -0.611. The van der Waals surface area contributed by atoms with E-state index in [0.717, 1.165) is 44.1 Å². The number of benzene rings is 2. The van der Waals surface area contributed by atoms with E-state index < -0.39 is 5.97 Å². The molecule has 5 rings (SSSR count). The molecule has 0 aromatic heterocycles. The molecule has 0 radical (unpaired) electrons. The number of carboxylic acid groups (broad SMARTS) is 1. The van der Waals surface area contributed by atoms with Gasteiger partial charge in [0.15, 0.2) is 0 Å². The van der Waals surface area contributed by atoms with Crippen molar-refractivity contribution >= 4 is 16.7 Å². The largest absolute Gasteiger partial charge is 0.490 e. The second kappa shape index (κ2) is 7.81. The predicted molar refractivity (Wildman–Crippen MR) is 123 cm³/mol. The van der Waals surface area contributed by atoms with Gasteiger partial charge in [0, 0.05) is 19.6 Å². The van der Waals surface area contributed by atoms with Crippen molar-refractivity contribution in [2.24, 2.45) is 29.1 Å². The van der Waals surface area contributed by atoms with Crippen molar-refractivity contribution in [2.75, 3.05) is 13.1 Å². The first-order valence-corrected chi connectivity index (χ1v) is 11.9. The van der Waals surface area contributed by atoms with Gasteiger partial charge in [0.25, 0.3) is 0 Å². The van der Waals surface area contributed by atoms with Crippen LogP contribution in [0.25, 0.3) is 10.8 Å². The highest BCUT2D eigenvalue weighted by Crippen LogP contribution is 2.52. The van der Waals surface area contributed by atoms with Gasteiger partial charge in [-0.3, -0.25) is 9.69 Å². The molecule has 0 bridgehead atoms. The van der Waals surface area contributed by atoms with Crippen LogP contribution in [0, 0.1) is 29.1 Å². The van der Waals surface area contributed by atoms with Gasteiger partial charge in [-0.1, -0.05) is 39.0 Å². The Kier molecular flexibility index (Phi) is 5.24. The van der Waals surface area contributed by atoms with Gasteiger partial charge in [-0.2, -0.15) is 0 Å². The van der Waals surface area contributed by atoms with Crippen molar-refractivity contribution in [1.29, 1.82) is 0 Å². The van der Waals surface area contributed by atoms with Crippen LogP contribution in [0.3, 0.4) is 0 Å². The van der Waals surface area contributed by atoms with E-state index in [4.69, 9.17) is 4.74 Å². The van der Waals surface area contributed by atoms with E-state index in [1.807, 2.05) is 0 Å². The number of aliphatic carboxylic acids is 1. The Bertz CT molecular complexity index is 958. The van der Waals surface area contributed by atoms with Crippen LogP contribution in [0.2, 0.25) is 0 Å². The molecule has 4 nitrogen and oxygen atoms in total. The van der Waals surface area contributed by atoms with E-state index in [2.05, 4.69) is 62.1 Å². The van der Waals surface area contributed by atoms with E-state index in [9.17, 15) is 9.90 Å². The average molecular weight is 422 g/mol. The number of likely N-dealkylation sites (tertiary alicyclic amines) is 1. The molecule has 166 valence electrons. The molecule has 2 saturated carbocycles. The third-order valence-electron chi connectivity index (χ3n) is 8.04. The van der Waals surface area contributed by atoms with Crippen molar-refractivity contribution in [3.63, 3.8) is 0 Å². The lowest BCUT2D eigenvalue weighted by Crippen LogP contribution is -2.30. The summed E-state index contributed by atoms with van der Waals surface area (Å²) in [5.74, 6) is 1.83. The normalized spacial score (nSPS) is 30.9. The van der Waals surface area contributed by atoms with E-state index in [1.165, 1.54) is 29.2 Å². The van der Waals surface area contributed by atoms with Crippen molar-refractivity contribution in [1.82, 2.24) is 4.90 Å². The monoisotopic (exact) mass is 421 g/mol. The summed E-state index contributed by atoms with van der Waals surface area (Å²) >= 11 is 0. The topological polar surface area (TPSA) is 49.8 Å². The van der Waals surface area contributed by atoms with E-state index in [0.29, 0.717) is 23.4 Å². The predicted octanol–water partition coefficient (Wildman–Crippen LogP) is 5.59. The first kappa shape index (κ1) is 20.8. The van der Waals surface area contributed by atoms with Gasteiger partial charge in [0.2, 0.25) is 0 Å². The van der Waals surface area contributed by atoms with Gasteiger partial charge in [-0.05, 0) is 83.4 Å². The Balaban J connectivity index is 1.18. The number of carboxylic acids is 1. The molecule has 1 saturated heterocycles. The summed E-state index contributed by atoms with van der Waals surface area (Å²) in [7, 11) is 0. The molecule has 2 aromatic carbocycles. The zero-order chi connectivity index (χ0) is 21.8. The SMILES string of the molecule is CC(C)(C)[C@H]1CC[C@H](Oc2ccc3cc(CN4CC5C(C4)C5C(=O)O)ccc3c2)CC1. The lowest BCUT2D eigenvalue weighted by atomic mass is 9.72. The summed E-state index contributed by atoms with van der Waals surface area (Å²) in [6, 6.07) is 13.1. The fourth-order valence-electron chi connectivity index (χ4n) is 6.05. The van der Waals surface area contributed by atoms with Gasteiger partial charge in [0.1, 0.15) is 5.75 Å². The fraction of sp³-hybridized carbons (Fsp3) is 0.593. The standard InChI is InChI=1S/C27H35NO3/c1-27(2,3)20-7-10-21(11-8-20)31-22-9-6-18-12-17(4-5-19(18)13-22)14-28-15-23-24(16-28)25(23)26(29)30/h4-6,9,12-13,20-21,23-25H,7-8,10-11,14-16H2,1-3H3,(H,29,30)/t20-,21-,23?,24?,25?. The Hall–Kier alpha value is -2.07. The van der Waals surface area contributed by atoms with Gasteiger partial charge < -0.3 is 9.84 Å². The zero-order valence-electron chi connectivity index (χ0n) is 19.0. The highest BCUT2D eigenvalue weighted by atomic mass is 16.5. The van der Waals surface area contributed by atoms with Crippen LogP contribution in [0.5, 0.6) is 5.75 Å². The van der Waals surface area contributed by atoms with Crippen LogP contribution >= 0.6 is 0 Å². The molecule has 3 fully saturated rings. The molecule has 2 atom stereocenters. The number of carbonyl (C=O) groups is 1. The maximum absolute atomic E-state index is 11.2. The van der Waals surface area contributed by atoms with Crippen molar-refractivity contribution in [3.05, 3.63) is 42.0 Å². The molecule has 2 aromatic rings. The van der Waals surface area contributed by atoms with E-state index in [-0.39, 0.29) is 5.92 Å². The molecular weight excluding hydrogens is 386 g/mol. The van der Waals surface area contributed by atoms with Crippen LogP contribution < -0.4 is 4.74 Å². The number of piperidine rings is 1. The molecule has 3 aliphatic rings. The number of nitrogens with zero attached hydrogens (tertiary/aromatic N) is 1. The van der Waals surface area contributed by atoms with Crippen LogP contribution in [0.4, 0.5) is 0 Å². The fourth-order valence-corrected chi connectivity index (χ4v) is 6.05. The Labute approximate surface area is 185 Å². The molecule has 1 N–H and O–H groups in total. The number of ether oxygens (including phenoxy) is 1. The van der Waals surface area contributed by atoms with E-state index in [1.54, 1.807) is 0 Å². The van der Waals surface area contributed by atoms with Gasteiger partial charge in [-0.25, -0.2) is 0 Å². The summed E-state index contributed by atoms with van der Waals surface area (Å²) in [5, 5.41) is 11.7. The Morgan fingerprint density at radius 2 is 1.65 bits per heavy atom. The summed E-state index contributed by atoms with van der Waals surface area (Å²) in [6.45, 7) is 9.82. The summed E-state index contributed by atoms with van der Waals surface area (Å²) < 4.78 is 6.35. The van der Waals surface area contributed by atoms with E-state index >= 15 is 0 Å². The smallest absolute Gasteiger partial charge is 0.307 e. The summed E-state index contributed by atoms with van der Waals surface area (Å²) in [4.78, 5) is 13.6. The number of hydrogen-bond acceptors (Lipinski definition) is 3. The molecule has 1 aliphatic heterocycles. The van der Waals surface area contributed by atoms with Gasteiger partial charge in [0.05, 0.1) is 12.0 Å². The maximum Gasteiger partial charge on any atom is 0.307 e. The second-order valence-corrected chi connectivity index (χ2v) is 11.2. The molecule has 31 heavy (non-hydrogen) atoms. The third-order valence-corrected chi connectivity index (χ3v) is 8.04. The van der Waals surface area contributed by atoms with Crippen molar-refractivity contribution < 1.29 is 14.6 Å². The molecule has 2 unspecified atom stereocenters. The number of fused-ring (bicyclic) bond motifs is 2. The summed E-state index contributed by atoms with van der Waals surface area (Å²) in [5.41, 5.74) is 1.70. The lowest BCUT2D eigenvalue weighted by molar-refractivity contribution is -0.139. The molecule has 2 aliphatic carbocycles. The Morgan fingerprint density at radius 1 is 1.00 bits per heavy atom. The first-order chi connectivity index (χ1) is 14.8. The number of rotatable bonds is 5. The van der Waals surface area contributed by atoms with Crippen LogP contribution in [0.15, 0.2) is 36.4 Å². The van der Waals surface area contributed by atoms with Gasteiger partial charge >= 0.3 is 5.97 Å². The lowest BCUT2D eigenvalue weighted by Gasteiger charge is -2.37. The quantitative estimate of drug-likeness (QED) is 0.684. The highest BCUT2D eigenvalue weighted by molar-refractivity contribution is 5.84. The maximum atomic E-state index is 11.2. The molecular formula is C27H35NO3. The molecule has 0 spiro atoms. The van der Waals surface area contributed by atoms with Crippen LogP contribution in [-0.4, -0.2) is 35.2 Å². The summed E-state index contributed by atoms with van der Waals surface area (Å²) in [6.07, 6.45) is 5.16. The Morgan fingerprint density at radius 3 is 2.29 bits per heavy atom. The third kappa shape index (κ3) is 4.32. The van der Waals surface area contributed by atoms with Crippen molar-refractivity contribution in [2.45, 2.75) is 59.1 Å². The minimum absolute atomic E-state index is 0.0882. The van der Waals surface area contributed by atoms with Crippen molar-refractivity contribution in [3.8, 4) is 5.75 Å².